The lowest BCUT2D eigenvalue weighted by Gasteiger charge is -2.14. The summed E-state index contributed by atoms with van der Waals surface area (Å²) in [6, 6.07) is 13.3. The highest BCUT2D eigenvalue weighted by Gasteiger charge is 2.18. The number of sulfonamides is 1. The molecule has 0 saturated heterocycles. The summed E-state index contributed by atoms with van der Waals surface area (Å²) in [5, 5.41) is 0.841. The molecule has 2 aromatic carbocycles. The zero-order valence-electron chi connectivity index (χ0n) is 15.6. The topological polar surface area (TPSA) is 88.3 Å². The van der Waals surface area contributed by atoms with E-state index >= 15 is 0 Å². The van der Waals surface area contributed by atoms with Crippen molar-refractivity contribution in [3.8, 4) is 5.75 Å². The van der Waals surface area contributed by atoms with Crippen molar-refractivity contribution in [2.75, 3.05) is 4.72 Å². The number of fused-ring (bicyclic) bond motifs is 1. The van der Waals surface area contributed by atoms with E-state index in [4.69, 9.17) is 4.74 Å². The summed E-state index contributed by atoms with van der Waals surface area (Å²) in [4.78, 5) is 14.7. The molecule has 1 aliphatic rings. The second-order valence-electron chi connectivity index (χ2n) is 7.18. The Hall–Kier alpha value is -2.80. The van der Waals surface area contributed by atoms with Gasteiger partial charge in [0, 0.05) is 5.56 Å². The van der Waals surface area contributed by atoms with Crippen LogP contribution in [0.2, 0.25) is 0 Å². The Bertz CT molecular complexity index is 1160. The van der Waals surface area contributed by atoms with Crippen LogP contribution in [0.5, 0.6) is 5.75 Å². The molecule has 0 unspecified atom stereocenters. The highest BCUT2D eigenvalue weighted by atomic mass is 32.2. The van der Waals surface area contributed by atoms with Gasteiger partial charge in [-0.3, -0.25) is 9.52 Å². The smallest absolute Gasteiger partial charge is 0.261 e. The first-order valence-electron chi connectivity index (χ1n) is 9.34. The number of aromatic nitrogens is 1. The number of benzene rings is 2. The van der Waals surface area contributed by atoms with Crippen molar-refractivity contribution in [2.24, 2.45) is 0 Å². The number of rotatable bonds is 5. The van der Waals surface area contributed by atoms with Crippen molar-refractivity contribution in [3.05, 3.63) is 64.4 Å². The van der Waals surface area contributed by atoms with Crippen molar-refractivity contribution in [1.82, 2.24) is 4.98 Å². The van der Waals surface area contributed by atoms with Crippen LogP contribution in [-0.2, 0) is 10.0 Å². The Kier molecular flexibility index (Phi) is 4.85. The Morgan fingerprint density at radius 3 is 2.46 bits per heavy atom. The van der Waals surface area contributed by atoms with Crippen LogP contribution in [0.15, 0.2) is 58.2 Å². The SMILES string of the molecule is Cc1cc2ccc(NS(=O)(=O)c3ccc(OC4CCCC4)cc3)cc2[nH]c1=O. The average Bonchev–Trinajstić information content (AvgIpc) is 3.16. The van der Waals surface area contributed by atoms with Crippen LogP contribution in [0, 0.1) is 6.92 Å². The van der Waals surface area contributed by atoms with Crippen LogP contribution in [-0.4, -0.2) is 19.5 Å². The fourth-order valence-corrected chi connectivity index (χ4v) is 4.53. The van der Waals surface area contributed by atoms with E-state index in [1.807, 2.05) is 0 Å². The quantitative estimate of drug-likeness (QED) is 0.681. The molecule has 0 bridgehead atoms. The fraction of sp³-hybridized carbons (Fsp3) is 0.286. The molecular formula is C21H22N2O4S. The second kappa shape index (κ2) is 7.31. The van der Waals surface area contributed by atoms with Gasteiger partial charge in [0.15, 0.2) is 0 Å². The molecule has 0 aliphatic heterocycles. The largest absolute Gasteiger partial charge is 0.490 e. The van der Waals surface area contributed by atoms with E-state index in [-0.39, 0.29) is 16.6 Å². The van der Waals surface area contributed by atoms with Crippen molar-refractivity contribution >= 4 is 26.6 Å². The van der Waals surface area contributed by atoms with Crippen LogP contribution >= 0.6 is 0 Å². The highest BCUT2D eigenvalue weighted by Crippen LogP contribution is 2.26. The van der Waals surface area contributed by atoms with Gasteiger partial charge < -0.3 is 9.72 Å². The lowest BCUT2D eigenvalue weighted by Crippen LogP contribution is -2.14. The maximum atomic E-state index is 12.7. The molecule has 1 fully saturated rings. The summed E-state index contributed by atoms with van der Waals surface area (Å²) >= 11 is 0. The first-order valence-corrected chi connectivity index (χ1v) is 10.8. The molecule has 1 heterocycles. The van der Waals surface area contributed by atoms with Crippen molar-refractivity contribution in [2.45, 2.75) is 43.6 Å². The van der Waals surface area contributed by atoms with Crippen LogP contribution < -0.4 is 15.0 Å². The zero-order valence-corrected chi connectivity index (χ0v) is 16.4. The number of ether oxygens (including phenoxy) is 1. The minimum atomic E-state index is -3.74. The molecule has 7 heteroatoms. The summed E-state index contributed by atoms with van der Waals surface area (Å²) in [5.41, 5.74) is 1.39. The number of aryl methyl sites for hydroxylation is 1. The summed E-state index contributed by atoms with van der Waals surface area (Å²) in [6.45, 7) is 1.73. The van der Waals surface area contributed by atoms with E-state index in [0.717, 1.165) is 18.2 Å². The molecule has 146 valence electrons. The summed E-state index contributed by atoms with van der Waals surface area (Å²) in [5.74, 6) is 0.685. The lowest BCUT2D eigenvalue weighted by molar-refractivity contribution is 0.210. The van der Waals surface area contributed by atoms with Gasteiger partial charge in [0.25, 0.3) is 15.6 Å². The van der Waals surface area contributed by atoms with Gasteiger partial charge in [0.05, 0.1) is 22.2 Å². The minimum Gasteiger partial charge on any atom is -0.490 e. The zero-order chi connectivity index (χ0) is 19.7. The van der Waals surface area contributed by atoms with Gasteiger partial charge in [-0.15, -0.1) is 0 Å². The van der Waals surface area contributed by atoms with E-state index in [9.17, 15) is 13.2 Å². The first-order chi connectivity index (χ1) is 13.4. The first kappa shape index (κ1) is 18.6. The molecule has 0 spiro atoms. The third-order valence-corrected chi connectivity index (χ3v) is 6.42. The Balaban J connectivity index is 1.54. The molecule has 1 aliphatic carbocycles. The number of H-pyrrole nitrogens is 1. The van der Waals surface area contributed by atoms with Crippen LogP contribution in [0.25, 0.3) is 10.9 Å². The third-order valence-electron chi connectivity index (χ3n) is 5.02. The monoisotopic (exact) mass is 398 g/mol. The summed E-state index contributed by atoms with van der Waals surface area (Å²) < 4.78 is 33.8. The average molecular weight is 398 g/mol. The number of nitrogens with one attached hydrogen (secondary N) is 2. The van der Waals surface area contributed by atoms with Gasteiger partial charge in [-0.05, 0) is 80.5 Å². The van der Waals surface area contributed by atoms with E-state index in [2.05, 4.69) is 9.71 Å². The van der Waals surface area contributed by atoms with Crippen LogP contribution in [0.4, 0.5) is 5.69 Å². The van der Waals surface area contributed by atoms with E-state index in [0.29, 0.717) is 22.5 Å². The van der Waals surface area contributed by atoms with E-state index < -0.39 is 10.0 Å². The summed E-state index contributed by atoms with van der Waals surface area (Å²) in [6.07, 6.45) is 4.68. The van der Waals surface area contributed by atoms with Gasteiger partial charge in [0.1, 0.15) is 5.75 Å². The molecule has 6 nitrogen and oxygen atoms in total. The predicted molar refractivity (Wildman–Crippen MR) is 109 cm³/mol. The van der Waals surface area contributed by atoms with Crippen LogP contribution in [0.1, 0.15) is 31.2 Å². The Morgan fingerprint density at radius 1 is 1.04 bits per heavy atom. The van der Waals surface area contributed by atoms with Gasteiger partial charge in [-0.25, -0.2) is 8.42 Å². The molecule has 3 aromatic rings. The Labute approximate surface area is 163 Å². The van der Waals surface area contributed by atoms with Crippen LogP contribution in [0.3, 0.4) is 0 Å². The van der Waals surface area contributed by atoms with Gasteiger partial charge in [-0.2, -0.15) is 0 Å². The third kappa shape index (κ3) is 3.89. The maximum Gasteiger partial charge on any atom is 0.261 e. The molecule has 28 heavy (non-hydrogen) atoms. The summed E-state index contributed by atoms with van der Waals surface area (Å²) in [7, 11) is -3.74. The van der Waals surface area contributed by atoms with E-state index in [1.165, 1.54) is 12.8 Å². The molecule has 1 saturated carbocycles. The minimum absolute atomic E-state index is 0.156. The highest BCUT2D eigenvalue weighted by molar-refractivity contribution is 7.92. The molecule has 4 rings (SSSR count). The standard InChI is InChI=1S/C21H22N2O4S/c1-14-12-15-6-7-16(13-20(15)22-21(14)24)23-28(25,26)19-10-8-18(9-11-19)27-17-4-2-3-5-17/h6-13,17,23H,2-5H2,1H3,(H,22,24). The van der Waals surface area contributed by atoms with Gasteiger partial charge in [-0.1, -0.05) is 6.07 Å². The number of pyridine rings is 1. The normalized spacial score (nSPS) is 15.0. The van der Waals surface area contributed by atoms with Crippen molar-refractivity contribution in [3.63, 3.8) is 0 Å². The molecule has 0 amide bonds. The lowest BCUT2D eigenvalue weighted by atomic mass is 10.1. The molecule has 1 aromatic heterocycles. The molecule has 0 atom stereocenters. The predicted octanol–water partition coefficient (Wildman–Crippen LogP) is 3.96. The number of aromatic amines is 1. The molecular weight excluding hydrogens is 376 g/mol. The van der Waals surface area contributed by atoms with E-state index in [1.54, 1.807) is 55.5 Å². The molecule has 0 radical (unpaired) electrons. The fourth-order valence-electron chi connectivity index (χ4n) is 3.48. The van der Waals surface area contributed by atoms with Crippen molar-refractivity contribution in [1.29, 1.82) is 0 Å². The van der Waals surface area contributed by atoms with Gasteiger partial charge in [0.2, 0.25) is 0 Å². The van der Waals surface area contributed by atoms with Gasteiger partial charge >= 0.3 is 0 Å². The second-order valence-corrected chi connectivity index (χ2v) is 8.87. The number of hydrogen-bond acceptors (Lipinski definition) is 4. The molecule has 2 N–H and O–H groups in total. The maximum absolute atomic E-state index is 12.7. The number of anilines is 1. The Morgan fingerprint density at radius 2 is 1.75 bits per heavy atom. The van der Waals surface area contributed by atoms with Crippen molar-refractivity contribution < 1.29 is 13.2 Å². The number of hydrogen-bond donors (Lipinski definition) is 2.